The quantitative estimate of drug-likeness (QED) is 0.702. The summed E-state index contributed by atoms with van der Waals surface area (Å²) in [6, 6.07) is 7.00. The van der Waals surface area contributed by atoms with E-state index in [1.807, 2.05) is 0 Å². The summed E-state index contributed by atoms with van der Waals surface area (Å²) in [5, 5.41) is 3.31. The third-order valence-corrected chi connectivity index (χ3v) is 4.94. The van der Waals surface area contributed by atoms with Crippen LogP contribution < -0.4 is 5.32 Å². The first-order chi connectivity index (χ1) is 13.4. The van der Waals surface area contributed by atoms with E-state index in [9.17, 15) is 13.2 Å². The Labute approximate surface area is 160 Å². The van der Waals surface area contributed by atoms with Crippen molar-refractivity contribution in [1.82, 2.24) is 25.3 Å². The Kier molecular flexibility index (Phi) is 4.89. The number of benzene rings is 1. The molecule has 1 aliphatic rings. The second-order valence-electron chi connectivity index (χ2n) is 6.94. The molecule has 0 unspecified atom stereocenters. The molecule has 5 nitrogen and oxygen atoms in total. The molecule has 0 saturated carbocycles. The van der Waals surface area contributed by atoms with Crippen LogP contribution in [-0.2, 0) is 6.18 Å². The van der Waals surface area contributed by atoms with Crippen LogP contribution in [0, 0.1) is 6.92 Å². The van der Waals surface area contributed by atoms with Crippen molar-refractivity contribution in [2.24, 2.45) is 0 Å². The van der Waals surface area contributed by atoms with Gasteiger partial charge in [-0.2, -0.15) is 13.2 Å². The van der Waals surface area contributed by atoms with Crippen LogP contribution >= 0.6 is 0 Å². The van der Waals surface area contributed by atoms with E-state index in [1.165, 1.54) is 6.07 Å². The average Bonchev–Trinajstić information content (AvgIpc) is 3.14. The number of nitrogens with zero attached hydrogens (tertiary/aromatic N) is 3. The van der Waals surface area contributed by atoms with Crippen molar-refractivity contribution in [3.63, 3.8) is 0 Å². The van der Waals surface area contributed by atoms with Crippen molar-refractivity contribution >= 4 is 0 Å². The first-order valence-electron chi connectivity index (χ1n) is 9.20. The molecule has 146 valence electrons. The maximum Gasteiger partial charge on any atom is 0.416 e. The molecule has 0 atom stereocenters. The molecule has 3 heterocycles. The molecule has 1 aliphatic heterocycles. The highest BCUT2D eigenvalue weighted by molar-refractivity contribution is 5.77. The van der Waals surface area contributed by atoms with Crippen LogP contribution in [0.5, 0.6) is 0 Å². The fourth-order valence-corrected chi connectivity index (χ4v) is 3.51. The Bertz CT molecular complexity index is 974. The van der Waals surface area contributed by atoms with E-state index >= 15 is 0 Å². The summed E-state index contributed by atoms with van der Waals surface area (Å²) >= 11 is 0. The smallest absolute Gasteiger partial charge is 0.340 e. The summed E-state index contributed by atoms with van der Waals surface area (Å²) < 4.78 is 39.6. The molecule has 4 rings (SSSR count). The lowest BCUT2D eigenvalue weighted by molar-refractivity contribution is -0.137. The number of alkyl halides is 3. The molecule has 0 radical (unpaired) electrons. The van der Waals surface area contributed by atoms with E-state index in [4.69, 9.17) is 4.98 Å². The summed E-state index contributed by atoms with van der Waals surface area (Å²) in [4.78, 5) is 16.6. The fourth-order valence-electron chi connectivity index (χ4n) is 3.51. The zero-order valence-corrected chi connectivity index (χ0v) is 15.3. The number of rotatable bonds is 3. The van der Waals surface area contributed by atoms with Crippen LogP contribution in [0.3, 0.4) is 0 Å². The maximum atomic E-state index is 13.2. The Hall–Kier alpha value is -2.74. The van der Waals surface area contributed by atoms with Crippen molar-refractivity contribution in [2.75, 3.05) is 13.1 Å². The van der Waals surface area contributed by atoms with Crippen LogP contribution in [0.4, 0.5) is 13.2 Å². The van der Waals surface area contributed by atoms with Gasteiger partial charge in [0.25, 0.3) is 0 Å². The van der Waals surface area contributed by atoms with Crippen LogP contribution in [-0.4, -0.2) is 33.0 Å². The monoisotopic (exact) mass is 387 g/mol. The second-order valence-corrected chi connectivity index (χ2v) is 6.94. The van der Waals surface area contributed by atoms with Gasteiger partial charge in [0.15, 0.2) is 0 Å². The molecule has 0 bridgehead atoms. The zero-order chi connectivity index (χ0) is 19.7. The highest BCUT2D eigenvalue weighted by Gasteiger charge is 2.31. The van der Waals surface area contributed by atoms with Gasteiger partial charge in [0, 0.05) is 17.7 Å². The van der Waals surface area contributed by atoms with Crippen LogP contribution in [0.2, 0.25) is 0 Å². The van der Waals surface area contributed by atoms with Gasteiger partial charge in [-0.15, -0.1) is 0 Å². The minimum atomic E-state index is -4.41. The normalized spacial score (nSPS) is 15.7. The molecule has 0 spiro atoms. The van der Waals surface area contributed by atoms with Gasteiger partial charge in [-0.25, -0.2) is 15.0 Å². The van der Waals surface area contributed by atoms with Crippen molar-refractivity contribution in [1.29, 1.82) is 0 Å². The zero-order valence-electron chi connectivity index (χ0n) is 15.3. The predicted octanol–water partition coefficient (Wildman–Crippen LogP) is 4.33. The third kappa shape index (κ3) is 3.77. The second kappa shape index (κ2) is 7.35. The van der Waals surface area contributed by atoms with Gasteiger partial charge in [-0.3, -0.25) is 0 Å². The lowest BCUT2D eigenvalue weighted by Crippen LogP contribution is -2.27. The standard InChI is InChI=1S/C20H20F3N5/c1-12-25-10-7-16(26-12)18-17(14-3-2-4-15(11-14)20(21,22)23)27-19(28-18)13-5-8-24-9-6-13/h2-4,7,10-11,13,24H,5-6,8-9H2,1H3,(H,27,28). The molecule has 3 aromatic rings. The Morgan fingerprint density at radius 1 is 1.07 bits per heavy atom. The molecule has 2 aromatic heterocycles. The van der Waals surface area contributed by atoms with Gasteiger partial charge in [-0.05, 0) is 51.1 Å². The number of hydrogen-bond acceptors (Lipinski definition) is 4. The van der Waals surface area contributed by atoms with E-state index in [2.05, 4.69) is 20.3 Å². The van der Waals surface area contributed by atoms with Gasteiger partial charge < -0.3 is 10.3 Å². The number of piperidine rings is 1. The fraction of sp³-hybridized carbons (Fsp3) is 0.350. The molecule has 2 N–H and O–H groups in total. The summed E-state index contributed by atoms with van der Waals surface area (Å²) in [5.74, 6) is 1.62. The topological polar surface area (TPSA) is 66.5 Å². The Morgan fingerprint density at radius 2 is 1.86 bits per heavy atom. The SMILES string of the molecule is Cc1nccc(-c2[nH]c(C3CCNCC3)nc2-c2cccc(C(F)(F)F)c2)n1. The summed E-state index contributed by atoms with van der Waals surface area (Å²) in [6.45, 7) is 3.57. The predicted molar refractivity (Wildman–Crippen MR) is 99.6 cm³/mol. The first kappa shape index (κ1) is 18.6. The molecule has 0 aliphatic carbocycles. The number of aromatic nitrogens is 4. The molecule has 28 heavy (non-hydrogen) atoms. The molecular formula is C20H20F3N5. The number of H-pyrrole nitrogens is 1. The molecular weight excluding hydrogens is 367 g/mol. The van der Waals surface area contributed by atoms with Crippen molar-refractivity contribution in [3.8, 4) is 22.6 Å². The highest BCUT2D eigenvalue weighted by atomic mass is 19.4. The minimum Gasteiger partial charge on any atom is -0.340 e. The van der Waals surface area contributed by atoms with Crippen molar-refractivity contribution < 1.29 is 13.2 Å². The van der Waals surface area contributed by atoms with Gasteiger partial charge in [0.2, 0.25) is 0 Å². The maximum absolute atomic E-state index is 13.2. The Morgan fingerprint density at radius 3 is 2.57 bits per heavy atom. The van der Waals surface area contributed by atoms with E-state index in [-0.39, 0.29) is 5.92 Å². The Balaban J connectivity index is 1.84. The van der Waals surface area contributed by atoms with Gasteiger partial charge in [-0.1, -0.05) is 12.1 Å². The molecule has 1 fully saturated rings. The van der Waals surface area contributed by atoms with Crippen molar-refractivity contribution in [2.45, 2.75) is 31.9 Å². The van der Waals surface area contributed by atoms with E-state index < -0.39 is 11.7 Å². The lowest BCUT2D eigenvalue weighted by Gasteiger charge is -2.20. The van der Waals surface area contributed by atoms with E-state index in [0.717, 1.165) is 43.9 Å². The molecule has 1 aromatic carbocycles. The molecule has 0 amide bonds. The third-order valence-electron chi connectivity index (χ3n) is 4.94. The number of imidazole rings is 1. The molecule has 8 heteroatoms. The van der Waals surface area contributed by atoms with Crippen LogP contribution in [0.25, 0.3) is 22.6 Å². The largest absolute Gasteiger partial charge is 0.416 e. The van der Waals surface area contributed by atoms with E-state index in [0.29, 0.717) is 28.5 Å². The highest BCUT2D eigenvalue weighted by Crippen LogP contribution is 2.36. The van der Waals surface area contributed by atoms with Gasteiger partial charge in [0.05, 0.1) is 22.6 Å². The minimum absolute atomic E-state index is 0.238. The first-order valence-corrected chi connectivity index (χ1v) is 9.20. The molecule has 1 saturated heterocycles. The lowest BCUT2D eigenvalue weighted by atomic mass is 9.98. The number of halogens is 3. The summed E-state index contributed by atoms with van der Waals surface area (Å²) in [6.07, 6.45) is -0.913. The number of aryl methyl sites for hydroxylation is 1. The number of aromatic amines is 1. The number of nitrogens with one attached hydrogen (secondary N) is 2. The van der Waals surface area contributed by atoms with Gasteiger partial charge in [0.1, 0.15) is 11.6 Å². The van der Waals surface area contributed by atoms with Crippen LogP contribution in [0.1, 0.15) is 36.0 Å². The average molecular weight is 387 g/mol. The number of hydrogen-bond donors (Lipinski definition) is 2. The van der Waals surface area contributed by atoms with Crippen molar-refractivity contribution in [3.05, 3.63) is 53.7 Å². The summed E-state index contributed by atoms with van der Waals surface area (Å²) in [7, 11) is 0. The summed E-state index contributed by atoms with van der Waals surface area (Å²) in [5.41, 5.74) is 1.45. The van der Waals surface area contributed by atoms with E-state index in [1.54, 1.807) is 25.3 Å². The van der Waals surface area contributed by atoms with Crippen LogP contribution in [0.15, 0.2) is 36.5 Å². The van der Waals surface area contributed by atoms with Gasteiger partial charge >= 0.3 is 6.18 Å².